The zero-order valence-electron chi connectivity index (χ0n) is 8.48. The first-order valence-corrected chi connectivity index (χ1v) is 5.57. The number of likely N-dealkylation sites (N-methyl/N-ethyl adjacent to an activating group) is 1. The van der Waals surface area contributed by atoms with Gasteiger partial charge in [-0.05, 0) is 43.7 Å². The van der Waals surface area contributed by atoms with Crippen LogP contribution in [-0.4, -0.2) is 13.1 Å². The zero-order chi connectivity index (χ0) is 10.6. The van der Waals surface area contributed by atoms with Gasteiger partial charge >= 0.3 is 0 Å². The fourth-order valence-corrected chi connectivity index (χ4v) is 1.82. The number of hydrogen-bond acceptors (Lipinski definition) is 1. The van der Waals surface area contributed by atoms with Crippen LogP contribution in [0.25, 0.3) is 0 Å². The standard InChI is InChI=1S/C11H15BrFN/c1-3-10(14-2)7-8-6-9(13)4-5-11(8)12/h4-6,10,14H,3,7H2,1-2H3. The molecule has 0 heterocycles. The first-order valence-electron chi connectivity index (χ1n) is 4.78. The summed E-state index contributed by atoms with van der Waals surface area (Å²) in [6.45, 7) is 2.12. The van der Waals surface area contributed by atoms with E-state index >= 15 is 0 Å². The van der Waals surface area contributed by atoms with Gasteiger partial charge < -0.3 is 5.32 Å². The van der Waals surface area contributed by atoms with E-state index in [1.165, 1.54) is 6.07 Å². The third-order valence-corrected chi connectivity index (χ3v) is 3.15. The normalized spacial score (nSPS) is 12.9. The molecule has 1 aromatic rings. The molecule has 0 saturated heterocycles. The molecule has 1 rings (SSSR count). The second-order valence-electron chi connectivity index (χ2n) is 3.33. The molecule has 0 aliphatic rings. The molecule has 3 heteroatoms. The molecule has 0 radical (unpaired) electrons. The van der Waals surface area contributed by atoms with Gasteiger partial charge in [0.15, 0.2) is 0 Å². The quantitative estimate of drug-likeness (QED) is 0.877. The summed E-state index contributed by atoms with van der Waals surface area (Å²) in [7, 11) is 1.93. The predicted molar refractivity (Wildman–Crippen MR) is 60.9 cm³/mol. The summed E-state index contributed by atoms with van der Waals surface area (Å²) in [5, 5.41) is 3.20. The van der Waals surface area contributed by atoms with Crippen molar-refractivity contribution >= 4 is 15.9 Å². The molecule has 14 heavy (non-hydrogen) atoms. The van der Waals surface area contributed by atoms with Gasteiger partial charge in [0.05, 0.1) is 0 Å². The molecule has 1 unspecified atom stereocenters. The highest BCUT2D eigenvalue weighted by Gasteiger charge is 2.08. The minimum atomic E-state index is -0.172. The summed E-state index contributed by atoms with van der Waals surface area (Å²) in [6, 6.07) is 5.22. The van der Waals surface area contributed by atoms with E-state index in [0.717, 1.165) is 22.9 Å². The number of hydrogen-bond donors (Lipinski definition) is 1. The van der Waals surface area contributed by atoms with E-state index in [2.05, 4.69) is 28.2 Å². The average Bonchev–Trinajstić information content (AvgIpc) is 2.19. The first-order chi connectivity index (χ1) is 6.67. The molecule has 0 fully saturated rings. The Balaban J connectivity index is 2.79. The number of rotatable bonds is 4. The Labute approximate surface area is 92.8 Å². The van der Waals surface area contributed by atoms with Crippen LogP contribution in [0.15, 0.2) is 22.7 Å². The highest BCUT2D eigenvalue weighted by Crippen LogP contribution is 2.19. The van der Waals surface area contributed by atoms with Gasteiger partial charge in [-0.15, -0.1) is 0 Å². The second-order valence-corrected chi connectivity index (χ2v) is 4.19. The van der Waals surface area contributed by atoms with Crippen LogP contribution in [0.1, 0.15) is 18.9 Å². The zero-order valence-corrected chi connectivity index (χ0v) is 10.1. The van der Waals surface area contributed by atoms with E-state index < -0.39 is 0 Å². The van der Waals surface area contributed by atoms with Crippen LogP contribution in [0.4, 0.5) is 4.39 Å². The average molecular weight is 260 g/mol. The molecule has 1 nitrogen and oxygen atoms in total. The lowest BCUT2D eigenvalue weighted by Crippen LogP contribution is -2.26. The van der Waals surface area contributed by atoms with E-state index in [4.69, 9.17) is 0 Å². The number of benzene rings is 1. The minimum absolute atomic E-state index is 0.172. The van der Waals surface area contributed by atoms with Gasteiger partial charge in [-0.1, -0.05) is 22.9 Å². The third kappa shape index (κ3) is 3.07. The molecule has 1 N–H and O–H groups in total. The molecule has 0 spiro atoms. The monoisotopic (exact) mass is 259 g/mol. The van der Waals surface area contributed by atoms with E-state index in [1.54, 1.807) is 12.1 Å². The Hall–Kier alpha value is -0.410. The lowest BCUT2D eigenvalue weighted by molar-refractivity contribution is 0.539. The van der Waals surface area contributed by atoms with Crippen molar-refractivity contribution in [1.29, 1.82) is 0 Å². The lowest BCUT2D eigenvalue weighted by atomic mass is 10.0. The van der Waals surface area contributed by atoms with Gasteiger partial charge in [0, 0.05) is 10.5 Å². The highest BCUT2D eigenvalue weighted by molar-refractivity contribution is 9.10. The fraction of sp³-hybridized carbons (Fsp3) is 0.455. The van der Waals surface area contributed by atoms with Crippen LogP contribution in [0, 0.1) is 5.82 Å². The summed E-state index contributed by atoms with van der Waals surface area (Å²) < 4.78 is 13.9. The number of nitrogens with one attached hydrogen (secondary N) is 1. The van der Waals surface area contributed by atoms with E-state index in [1.807, 2.05) is 7.05 Å². The van der Waals surface area contributed by atoms with Crippen molar-refractivity contribution in [2.75, 3.05) is 7.05 Å². The van der Waals surface area contributed by atoms with Crippen molar-refractivity contribution in [3.05, 3.63) is 34.1 Å². The lowest BCUT2D eigenvalue weighted by Gasteiger charge is -2.14. The van der Waals surface area contributed by atoms with Crippen molar-refractivity contribution in [3.63, 3.8) is 0 Å². The molecular weight excluding hydrogens is 245 g/mol. The molecule has 0 saturated carbocycles. The Morgan fingerprint density at radius 3 is 2.79 bits per heavy atom. The van der Waals surface area contributed by atoms with Gasteiger partial charge in [0.2, 0.25) is 0 Å². The molecule has 0 aliphatic carbocycles. The van der Waals surface area contributed by atoms with Crippen molar-refractivity contribution in [3.8, 4) is 0 Å². The van der Waals surface area contributed by atoms with Gasteiger partial charge in [-0.3, -0.25) is 0 Å². The molecule has 0 aromatic heterocycles. The van der Waals surface area contributed by atoms with Crippen LogP contribution in [-0.2, 0) is 6.42 Å². The molecule has 78 valence electrons. The summed E-state index contributed by atoms with van der Waals surface area (Å²) in [5.41, 5.74) is 1.02. The van der Waals surface area contributed by atoms with Gasteiger partial charge in [-0.2, -0.15) is 0 Å². The molecule has 1 aromatic carbocycles. The van der Waals surface area contributed by atoms with Crippen LogP contribution in [0.5, 0.6) is 0 Å². The van der Waals surface area contributed by atoms with Gasteiger partial charge in [-0.25, -0.2) is 4.39 Å². The first kappa shape index (κ1) is 11.7. The largest absolute Gasteiger partial charge is 0.317 e. The van der Waals surface area contributed by atoms with Crippen LogP contribution in [0.3, 0.4) is 0 Å². The maximum atomic E-state index is 13.0. The van der Waals surface area contributed by atoms with Gasteiger partial charge in [0.1, 0.15) is 5.82 Å². The summed E-state index contributed by atoms with van der Waals surface area (Å²) in [6.07, 6.45) is 1.89. The summed E-state index contributed by atoms with van der Waals surface area (Å²) in [5.74, 6) is -0.172. The van der Waals surface area contributed by atoms with Crippen LogP contribution >= 0.6 is 15.9 Å². The van der Waals surface area contributed by atoms with Crippen LogP contribution in [0.2, 0.25) is 0 Å². The Bertz CT molecular complexity index is 297. The SMILES string of the molecule is CCC(Cc1cc(F)ccc1Br)NC. The van der Waals surface area contributed by atoms with Crippen molar-refractivity contribution < 1.29 is 4.39 Å². The van der Waals surface area contributed by atoms with Gasteiger partial charge in [0.25, 0.3) is 0 Å². The Kier molecular flexibility index (Phi) is 4.55. The maximum Gasteiger partial charge on any atom is 0.123 e. The van der Waals surface area contributed by atoms with Crippen LogP contribution < -0.4 is 5.32 Å². The van der Waals surface area contributed by atoms with E-state index in [-0.39, 0.29) is 5.82 Å². The molecule has 0 bridgehead atoms. The summed E-state index contributed by atoms with van der Waals surface area (Å²) >= 11 is 3.42. The molecule has 0 amide bonds. The van der Waals surface area contributed by atoms with Crippen molar-refractivity contribution in [1.82, 2.24) is 5.32 Å². The fourth-order valence-electron chi connectivity index (χ4n) is 1.42. The van der Waals surface area contributed by atoms with Crippen molar-refractivity contribution in [2.24, 2.45) is 0 Å². The highest BCUT2D eigenvalue weighted by atomic mass is 79.9. The predicted octanol–water partition coefficient (Wildman–Crippen LogP) is 3.13. The molecule has 1 atom stereocenters. The van der Waals surface area contributed by atoms with Crippen molar-refractivity contribution in [2.45, 2.75) is 25.8 Å². The topological polar surface area (TPSA) is 12.0 Å². The third-order valence-electron chi connectivity index (χ3n) is 2.38. The molecule has 0 aliphatic heterocycles. The Morgan fingerprint density at radius 2 is 2.21 bits per heavy atom. The second kappa shape index (κ2) is 5.47. The minimum Gasteiger partial charge on any atom is -0.317 e. The molecular formula is C11H15BrFN. The smallest absolute Gasteiger partial charge is 0.123 e. The summed E-state index contributed by atoms with van der Waals surface area (Å²) in [4.78, 5) is 0. The Morgan fingerprint density at radius 1 is 1.50 bits per heavy atom. The number of halogens is 2. The maximum absolute atomic E-state index is 13.0. The van der Waals surface area contributed by atoms with E-state index in [9.17, 15) is 4.39 Å². The van der Waals surface area contributed by atoms with E-state index in [0.29, 0.717) is 6.04 Å².